The van der Waals surface area contributed by atoms with Gasteiger partial charge in [0, 0.05) is 54.2 Å². The molecule has 2 aliphatic heterocycles. The van der Waals surface area contributed by atoms with Crippen molar-refractivity contribution in [3.05, 3.63) is 30.3 Å². The van der Waals surface area contributed by atoms with E-state index in [1.807, 2.05) is 0 Å². The summed E-state index contributed by atoms with van der Waals surface area (Å²) in [6.45, 7) is 6.56. The summed E-state index contributed by atoms with van der Waals surface area (Å²) in [5.74, 6) is -5.71. The van der Waals surface area contributed by atoms with Crippen LogP contribution in [0, 0.1) is 0 Å². The maximum absolute atomic E-state index is 12.5. The van der Waals surface area contributed by atoms with Crippen LogP contribution in [0.5, 0.6) is 0 Å². The first-order valence-corrected chi connectivity index (χ1v) is 15.5. The van der Waals surface area contributed by atoms with Gasteiger partial charge in [0.25, 0.3) is 0 Å². The van der Waals surface area contributed by atoms with Gasteiger partial charge in [-0.1, -0.05) is 18.2 Å². The van der Waals surface area contributed by atoms with Crippen molar-refractivity contribution in [1.82, 2.24) is 0 Å². The van der Waals surface area contributed by atoms with Crippen molar-refractivity contribution in [1.29, 1.82) is 0 Å². The van der Waals surface area contributed by atoms with Crippen LogP contribution in [-0.4, -0.2) is 116 Å². The maximum Gasteiger partial charge on any atom is 0.303 e. The molecule has 3 rings (SSSR count). The minimum absolute atomic E-state index is 0.497. The molecule has 1 aromatic rings. The van der Waals surface area contributed by atoms with E-state index < -0.39 is 116 Å². The van der Waals surface area contributed by atoms with Gasteiger partial charge in [0.2, 0.25) is 0 Å². The average Bonchev–Trinajstić information content (AvgIpc) is 3.00. The highest BCUT2D eigenvalue weighted by Crippen LogP contribution is 2.35. The van der Waals surface area contributed by atoms with E-state index in [1.54, 1.807) is 30.3 Å². The molecule has 2 saturated heterocycles. The second kappa shape index (κ2) is 18.3. The molecular weight excluding hydrogens is 670 g/mol. The van der Waals surface area contributed by atoms with Crippen molar-refractivity contribution < 1.29 is 80.9 Å². The van der Waals surface area contributed by atoms with Gasteiger partial charge < -0.3 is 52.7 Å². The van der Waals surface area contributed by atoms with E-state index >= 15 is 0 Å². The van der Waals surface area contributed by atoms with Gasteiger partial charge in [-0.15, -0.1) is 0 Å². The van der Waals surface area contributed by atoms with Crippen molar-refractivity contribution in [2.45, 2.75) is 110 Å². The lowest BCUT2D eigenvalue weighted by Gasteiger charge is -2.49. The molecule has 2 fully saturated rings. The van der Waals surface area contributed by atoms with Gasteiger partial charge in [-0.2, -0.15) is 0 Å². The van der Waals surface area contributed by atoms with E-state index in [0.717, 1.165) is 48.5 Å². The number of ether oxygens (including phenoxy) is 10. The molecule has 276 valence electrons. The summed E-state index contributed by atoms with van der Waals surface area (Å²) >= 11 is 0. The third-order valence-electron chi connectivity index (χ3n) is 7.01. The number of esters is 7. The number of carbonyl (C=O) groups excluding carboxylic acids is 7. The fraction of sp³-hybridized carbons (Fsp3) is 0.594. The van der Waals surface area contributed by atoms with Crippen molar-refractivity contribution in [3.63, 3.8) is 0 Å². The van der Waals surface area contributed by atoms with Gasteiger partial charge in [-0.05, 0) is 12.1 Å². The van der Waals surface area contributed by atoms with Gasteiger partial charge in [0.15, 0.2) is 43.0 Å². The number of para-hydroxylation sites is 1. The van der Waals surface area contributed by atoms with Crippen molar-refractivity contribution >= 4 is 47.5 Å². The van der Waals surface area contributed by atoms with Gasteiger partial charge in [0.1, 0.15) is 31.5 Å². The van der Waals surface area contributed by atoms with Gasteiger partial charge in [0.05, 0.1) is 0 Å². The monoisotopic (exact) mass is 711 g/mol. The van der Waals surface area contributed by atoms with E-state index in [-0.39, 0.29) is 0 Å². The predicted octanol–water partition coefficient (Wildman–Crippen LogP) is 0.718. The van der Waals surface area contributed by atoms with Gasteiger partial charge >= 0.3 is 41.8 Å². The Morgan fingerprint density at radius 3 is 1.42 bits per heavy atom. The first kappa shape index (κ1) is 39.6. The maximum atomic E-state index is 12.5. The Bertz CT molecular complexity index is 1390. The Morgan fingerprint density at radius 1 is 0.520 bits per heavy atom. The second-order valence-corrected chi connectivity index (χ2v) is 11.2. The fourth-order valence-electron chi connectivity index (χ4n) is 5.33. The Balaban J connectivity index is 2.16. The Labute approximate surface area is 287 Å². The number of carbonyl (C=O) groups is 7. The number of anilines is 1. The van der Waals surface area contributed by atoms with Crippen molar-refractivity contribution in [3.8, 4) is 0 Å². The summed E-state index contributed by atoms with van der Waals surface area (Å²) < 4.78 is 56.6. The minimum Gasteiger partial charge on any atom is -0.463 e. The summed E-state index contributed by atoms with van der Waals surface area (Å²) in [5, 5.41) is 3.06. The molecule has 2 aliphatic rings. The van der Waals surface area contributed by atoms with Gasteiger partial charge in [-0.25, -0.2) is 0 Å². The van der Waals surface area contributed by atoms with Crippen molar-refractivity contribution in [2.24, 2.45) is 0 Å². The molecular formula is C32H41NO17. The zero-order valence-corrected chi connectivity index (χ0v) is 28.5. The molecule has 18 nitrogen and oxygen atoms in total. The largest absolute Gasteiger partial charge is 0.463 e. The normalized spacial score (nSPS) is 28.9. The third kappa shape index (κ3) is 11.7. The molecule has 0 aliphatic carbocycles. The van der Waals surface area contributed by atoms with Crippen LogP contribution in [0.25, 0.3) is 0 Å². The second-order valence-electron chi connectivity index (χ2n) is 11.2. The van der Waals surface area contributed by atoms with Crippen LogP contribution in [0.15, 0.2) is 30.3 Å². The zero-order valence-electron chi connectivity index (χ0n) is 28.5. The molecule has 0 amide bonds. The van der Waals surface area contributed by atoms with Crippen LogP contribution in [0.3, 0.4) is 0 Å². The average molecular weight is 712 g/mol. The smallest absolute Gasteiger partial charge is 0.303 e. The molecule has 2 heterocycles. The topological polar surface area (TPSA) is 224 Å². The summed E-state index contributed by atoms with van der Waals surface area (Å²) in [4.78, 5) is 85.4. The molecule has 0 radical (unpaired) electrons. The minimum atomic E-state index is -1.77. The first-order chi connectivity index (χ1) is 23.5. The fourth-order valence-corrected chi connectivity index (χ4v) is 5.33. The summed E-state index contributed by atoms with van der Waals surface area (Å²) in [6.07, 6.45) is -14.9. The van der Waals surface area contributed by atoms with Crippen LogP contribution in [0.4, 0.5) is 5.69 Å². The molecule has 18 heteroatoms. The lowest BCUT2D eigenvalue weighted by atomic mass is 9.95. The molecule has 0 aromatic heterocycles. The Morgan fingerprint density at radius 2 is 0.940 bits per heavy atom. The quantitative estimate of drug-likeness (QED) is 0.220. The van der Waals surface area contributed by atoms with Crippen molar-refractivity contribution in [2.75, 3.05) is 18.5 Å². The molecule has 10 unspecified atom stereocenters. The number of hydrogen-bond donors (Lipinski definition) is 1. The van der Waals surface area contributed by atoms with Crippen LogP contribution < -0.4 is 5.32 Å². The molecule has 50 heavy (non-hydrogen) atoms. The Kier molecular flexibility index (Phi) is 14.5. The SMILES string of the molecule is CC(=O)OCC1OC(Nc2ccccc2)C(OC(C)=O)C(OC(C)=O)C1OC1OC(COC(C)=O)C(OC(C)=O)C(OC(C)=O)C1OC(C)=O. The lowest BCUT2D eigenvalue weighted by Crippen LogP contribution is -2.67. The molecule has 1 N–H and O–H groups in total. The lowest BCUT2D eigenvalue weighted by molar-refractivity contribution is -0.343. The van der Waals surface area contributed by atoms with E-state index in [4.69, 9.17) is 47.4 Å². The highest BCUT2D eigenvalue weighted by molar-refractivity contribution is 5.69. The number of nitrogens with one attached hydrogen (secondary N) is 1. The molecule has 0 bridgehead atoms. The van der Waals surface area contributed by atoms with E-state index in [9.17, 15) is 33.6 Å². The molecule has 1 aromatic carbocycles. The van der Waals surface area contributed by atoms with E-state index in [1.165, 1.54) is 0 Å². The number of hydrogen-bond acceptors (Lipinski definition) is 18. The summed E-state index contributed by atoms with van der Waals surface area (Å²) in [6, 6.07) is 8.59. The number of benzene rings is 1. The van der Waals surface area contributed by atoms with E-state index in [2.05, 4.69) is 5.32 Å². The van der Waals surface area contributed by atoms with E-state index in [0.29, 0.717) is 5.69 Å². The van der Waals surface area contributed by atoms with Crippen LogP contribution in [0.2, 0.25) is 0 Å². The van der Waals surface area contributed by atoms with Crippen LogP contribution in [-0.2, 0) is 80.9 Å². The highest BCUT2D eigenvalue weighted by atomic mass is 16.8. The van der Waals surface area contributed by atoms with Crippen LogP contribution >= 0.6 is 0 Å². The predicted molar refractivity (Wildman–Crippen MR) is 163 cm³/mol. The highest BCUT2D eigenvalue weighted by Gasteiger charge is 2.57. The Hall–Kier alpha value is -4.81. The van der Waals surface area contributed by atoms with Crippen LogP contribution in [0.1, 0.15) is 48.5 Å². The van der Waals surface area contributed by atoms with Gasteiger partial charge in [-0.3, -0.25) is 33.6 Å². The molecule has 10 atom stereocenters. The number of rotatable bonds is 13. The third-order valence-corrected chi connectivity index (χ3v) is 7.01. The molecule has 0 saturated carbocycles. The molecule has 0 spiro atoms. The summed E-state index contributed by atoms with van der Waals surface area (Å²) in [7, 11) is 0. The standard InChI is InChI=1S/C32H41NO17/c1-15(34)41-13-23-26(27(44-18(4)37)29(46-20(6)39)31(48-23)33-22-11-9-8-10-12-22)50-32-30(47-21(7)40)28(45-19(5)38)25(43-17(3)36)24(49-32)14-42-16(2)35/h8-12,23-33H,13-14H2,1-7H3. The zero-order chi connectivity index (χ0) is 37.1. The summed E-state index contributed by atoms with van der Waals surface area (Å²) in [5.41, 5.74) is 0.515. The first-order valence-electron chi connectivity index (χ1n) is 15.5.